The van der Waals surface area contributed by atoms with Crippen LogP contribution < -0.4 is 5.32 Å². The van der Waals surface area contributed by atoms with Crippen LogP contribution in [0.1, 0.15) is 18.0 Å². The SMILES string of the molecule is Cc1cnn([C@H]2[C@H](O)C[C@@H]2Nc2ccnc3cc(F)cnc23)c1. The summed E-state index contributed by atoms with van der Waals surface area (Å²) in [4.78, 5) is 8.27. The molecular weight excluding hydrogens is 297 g/mol. The summed E-state index contributed by atoms with van der Waals surface area (Å²) in [7, 11) is 0. The topological polar surface area (TPSA) is 75.9 Å². The Kier molecular flexibility index (Phi) is 3.23. The van der Waals surface area contributed by atoms with Gasteiger partial charge in [-0.15, -0.1) is 0 Å². The number of nitrogens with one attached hydrogen (secondary N) is 1. The molecule has 3 heterocycles. The van der Waals surface area contributed by atoms with Crippen LogP contribution in [-0.2, 0) is 0 Å². The van der Waals surface area contributed by atoms with E-state index < -0.39 is 11.9 Å². The van der Waals surface area contributed by atoms with Crippen LogP contribution in [0, 0.1) is 12.7 Å². The molecule has 4 rings (SSSR count). The monoisotopic (exact) mass is 313 g/mol. The summed E-state index contributed by atoms with van der Waals surface area (Å²) < 4.78 is 15.1. The molecule has 3 aromatic rings. The van der Waals surface area contributed by atoms with Crippen LogP contribution in [0.4, 0.5) is 10.1 Å². The summed E-state index contributed by atoms with van der Waals surface area (Å²) in [6.45, 7) is 1.96. The quantitative estimate of drug-likeness (QED) is 0.774. The number of anilines is 1. The largest absolute Gasteiger partial charge is 0.391 e. The average Bonchev–Trinajstić information content (AvgIpc) is 2.92. The molecule has 2 N–H and O–H groups in total. The minimum atomic E-state index is -0.440. The predicted octanol–water partition coefficient (Wildman–Crippen LogP) is 2.06. The number of aromatic nitrogens is 4. The number of aryl methyl sites for hydroxylation is 1. The highest BCUT2D eigenvalue weighted by molar-refractivity contribution is 5.87. The minimum absolute atomic E-state index is 0.0294. The maximum atomic E-state index is 13.3. The highest BCUT2D eigenvalue weighted by Crippen LogP contribution is 2.36. The van der Waals surface area contributed by atoms with Crippen LogP contribution in [0.3, 0.4) is 0 Å². The first kappa shape index (κ1) is 14.1. The zero-order valence-electron chi connectivity index (χ0n) is 12.5. The normalized spacial score (nSPS) is 23.7. The molecule has 1 aliphatic rings. The second-order valence-corrected chi connectivity index (χ2v) is 5.92. The van der Waals surface area contributed by atoms with Gasteiger partial charge in [0.05, 0.1) is 41.8 Å². The second kappa shape index (κ2) is 5.27. The predicted molar refractivity (Wildman–Crippen MR) is 83.5 cm³/mol. The standard InChI is InChI=1S/C16H16FN5O/c1-9-6-20-22(8-9)16-13(5-14(16)23)21-11-2-3-18-12-4-10(17)7-19-15(11)12/h2-4,6-8,13-14,16,23H,5H2,1H3,(H,18,21)/t13-,14+,16+/m0/s1. The number of aliphatic hydroxyl groups is 1. The van der Waals surface area contributed by atoms with Crippen LogP contribution in [0.25, 0.3) is 11.0 Å². The van der Waals surface area contributed by atoms with Gasteiger partial charge in [0.1, 0.15) is 11.3 Å². The Morgan fingerprint density at radius 1 is 1.35 bits per heavy atom. The number of rotatable bonds is 3. The third-order valence-corrected chi connectivity index (χ3v) is 4.22. The van der Waals surface area contributed by atoms with E-state index in [0.29, 0.717) is 17.5 Å². The van der Waals surface area contributed by atoms with Crippen molar-refractivity contribution in [1.29, 1.82) is 0 Å². The highest BCUT2D eigenvalue weighted by atomic mass is 19.1. The van der Waals surface area contributed by atoms with Gasteiger partial charge >= 0.3 is 0 Å². The second-order valence-electron chi connectivity index (χ2n) is 5.92. The van der Waals surface area contributed by atoms with Crippen LogP contribution in [0.2, 0.25) is 0 Å². The van der Waals surface area contributed by atoms with Crippen molar-refractivity contribution in [2.45, 2.75) is 31.5 Å². The molecule has 23 heavy (non-hydrogen) atoms. The zero-order chi connectivity index (χ0) is 16.0. The molecule has 6 nitrogen and oxygen atoms in total. The smallest absolute Gasteiger partial charge is 0.143 e. The number of pyridine rings is 2. The molecule has 0 unspecified atom stereocenters. The van der Waals surface area contributed by atoms with Gasteiger partial charge in [-0.2, -0.15) is 5.10 Å². The molecule has 0 radical (unpaired) electrons. The van der Waals surface area contributed by atoms with Crippen molar-refractivity contribution >= 4 is 16.7 Å². The van der Waals surface area contributed by atoms with Crippen molar-refractivity contribution in [3.63, 3.8) is 0 Å². The number of nitrogens with zero attached hydrogens (tertiary/aromatic N) is 4. The summed E-state index contributed by atoms with van der Waals surface area (Å²) in [6.07, 6.45) is 6.67. The maximum absolute atomic E-state index is 13.3. The van der Waals surface area contributed by atoms with Gasteiger partial charge in [0.25, 0.3) is 0 Å². The summed E-state index contributed by atoms with van der Waals surface area (Å²) in [5, 5.41) is 17.8. The van der Waals surface area contributed by atoms with Crippen LogP contribution in [0.5, 0.6) is 0 Å². The summed E-state index contributed by atoms with van der Waals surface area (Å²) in [5.74, 6) is -0.411. The molecule has 0 spiro atoms. The minimum Gasteiger partial charge on any atom is -0.391 e. The van der Waals surface area contributed by atoms with Gasteiger partial charge in [-0.1, -0.05) is 0 Å². The fraction of sp³-hybridized carbons (Fsp3) is 0.312. The molecule has 1 fully saturated rings. The lowest BCUT2D eigenvalue weighted by Gasteiger charge is -2.42. The van der Waals surface area contributed by atoms with Gasteiger partial charge in [0.15, 0.2) is 0 Å². The molecule has 0 bridgehead atoms. The van der Waals surface area contributed by atoms with E-state index in [1.807, 2.05) is 19.2 Å². The van der Waals surface area contributed by atoms with Crippen LogP contribution in [-0.4, -0.2) is 37.0 Å². The Morgan fingerprint density at radius 3 is 2.96 bits per heavy atom. The number of hydrogen-bond acceptors (Lipinski definition) is 5. The molecular formula is C16H16FN5O. The van der Waals surface area contributed by atoms with Crippen molar-refractivity contribution in [3.05, 3.63) is 48.3 Å². The lowest BCUT2D eigenvalue weighted by atomic mass is 9.83. The van der Waals surface area contributed by atoms with E-state index in [4.69, 9.17) is 0 Å². The van der Waals surface area contributed by atoms with Crippen molar-refractivity contribution in [3.8, 4) is 0 Å². The molecule has 0 saturated heterocycles. The van der Waals surface area contributed by atoms with Gasteiger partial charge in [-0.05, 0) is 25.0 Å². The number of hydrogen-bond donors (Lipinski definition) is 2. The zero-order valence-corrected chi connectivity index (χ0v) is 12.5. The van der Waals surface area contributed by atoms with Gasteiger partial charge in [0.2, 0.25) is 0 Å². The molecule has 0 aromatic carbocycles. The molecule has 0 aliphatic heterocycles. The van der Waals surface area contributed by atoms with E-state index >= 15 is 0 Å². The van der Waals surface area contributed by atoms with Gasteiger partial charge in [-0.3, -0.25) is 9.67 Å². The fourth-order valence-electron chi connectivity index (χ4n) is 3.03. The Bertz CT molecular complexity index is 865. The summed E-state index contributed by atoms with van der Waals surface area (Å²) in [5.41, 5.74) is 2.95. The third kappa shape index (κ3) is 2.43. The van der Waals surface area contributed by atoms with Gasteiger partial charge in [-0.25, -0.2) is 9.37 Å². The Hall–Kier alpha value is -2.54. The van der Waals surface area contributed by atoms with Gasteiger partial charge in [0, 0.05) is 18.5 Å². The molecule has 1 saturated carbocycles. The molecule has 7 heteroatoms. The highest BCUT2D eigenvalue weighted by Gasteiger charge is 2.42. The van der Waals surface area contributed by atoms with E-state index in [1.54, 1.807) is 17.1 Å². The molecule has 118 valence electrons. The van der Waals surface area contributed by atoms with E-state index in [0.717, 1.165) is 11.3 Å². The maximum Gasteiger partial charge on any atom is 0.143 e. The van der Waals surface area contributed by atoms with Crippen molar-refractivity contribution < 1.29 is 9.50 Å². The first-order chi connectivity index (χ1) is 11.1. The first-order valence-electron chi connectivity index (χ1n) is 7.47. The van der Waals surface area contributed by atoms with Gasteiger partial charge < -0.3 is 10.4 Å². The third-order valence-electron chi connectivity index (χ3n) is 4.22. The summed E-state index contributed by atoms with van der Waals surface area (Å²) >= 11 is 0. The molecule has 1 aliphatic carbocycles. The lowest BCUT2D eigenvalue weighted by Crippen LogP contribution is -2.51. The van der Waals surface area contributed by atoms with Crippen LogP contribution >= 0.6 is 0 Å². The van der Waals surface area contributed by atoms with E-state index in [-0.39, 0.29) is 12.1 Å². The average molecular weight is 313 g/mol. The Morgan fingerprint density at radius 2 is 2.22 bits per heavy atom. The van der Waals surface area contributed by atoms with Crippen LogP contribution in [0.15, 0.2) is 36.9 Å². The number of aliphatic hydroxyl groups excluding tert-OH is 1. The fourth-order valence-corrected chi connectivity index (χ4v) is 3.03. The number of halogens is 1. The Balaban J connectivity index is 1.63. The summed E-state index contributed by atoms with van der Waals surface area (Å²) in [6, 6.07) is 3.06. The van der Waals surface area contributed by atoms with E-state index in [1.165, 1.54) is 12.3 Å². The number of fused-ring (bicyclic) bond motifs is 1. The van der Waals surface area contributed by atoms with Crippen molar-refractivity contribution in [2.24, 2.45) is 0 Å². The molecule has 0 amide bonds. The van der Waals surface area contributed by atoms with E-state index in [2.05, 4.69) is 20.4 Å². The van der Waals surface area contributed by atoms with E-state index in [9.17, 15) is 9.50 Å². The van der Waals surface area contributed by atoms with Crippen molar-refractivity contribution in [2.75, 3.05) is 5.32 Å². The molecule has 3 aromatic heterocycles. The Labute approximate surface area is 132 Å². The lowest BCUT2D eigenvalue weighted by molar-refractivity contribution is 0.0134. The molecule has 3 atom stereocenters. The van der Waals surface area contributed by atoms with Crippen molar-refractivity contribution in [1.82, 2.24) is 19.7 Å². The first-order valence-corrected chi connectivity index (χ1v) is 7.47.